The second kappa shape index (κ2) is 6.58. The van der Waals surface area contributed by atoms with Crippen LogP contribution in [0.25, 0.3) is 0 Å². The van der Waals surface area contributed by atoms with Crippen molar-refractivity contribution in [2.24, 2.45) is 0 Å². The Morgan fingerprint density at radius 1 is 1.37 bits per heavy atom. The van der Waals surface area contributed by atoms with Crippen molar-refractivity contribution in [3.05, 3.63) is 23.4 Å². The molecule has 1 aromatic rings. The van der Waals surface area contributed by atoms with Crippen LogP contribution < -0.4 is 4.90 Å². The average molecular weight is 282 g/mol. The van der Waals surface area contributed by atoms with Crippen LogP contribution in [0.5, 0.6) is 0 Å². The number of hydrogen-bond donors (Lipinski definition) is 0. The highest BCUT2D eigenvalue weighted by Crippen LogP contribution is 2.21. The van der Waals surface area contributed by atoms with Crippen molar-refractivity contribution in [2.75, 3.05) is 31.6 Å². The predicted octanol–water partition coefficient (Wildman–Crippen LogP) is 2.91. The van der Waals surface area contributed by atoms with Gasteiger partial charge in [0.25, 0.3) is 0 Å². The minimum atomic E-state index is 0.496. The summed E-state index contributed by atoms with van der Waals surface area (Å²) in [6, 6.07) is 4.76. The van der Waals surface area contributed by atoms with E-state index in [0.29, 0.717) is 11.9 Å². The van der Waals surface area contributed by atoms with Gasteiger partial charge in [0.15, 0.2) is 0 Å². The number of rotatable bonds is 3. The second-order valence-corrected chi connectivity index (χ2v) is 5.74. The third-order valence-corrected chi connectivity index (χ3v) is 4.09. The van der Waals surface area contributed by atoms with E-state index in [0.717, 1.165) is 37.6 Å². The molecular formula is C15H24ClN3. The Hall–Kier alpha value is -0.800. The van der Waals surface area contributed by atoms with Crippen LogP contribution in [0.3, 0.4) is 0 Å². The lowest BCUT2D eigenvalue weighted by Gasteiger charge is -2.29. The van der Waals surface area contributed by atoms with Gasteiger partial charge in [-0.3, -0.25) is 0 Å². The molecule has 4 heteroatoms. The Morgan fingerprint density at radius 3 is 2.84 bits per heavy atom. The molecule has 1 aliphatic rings. The Bertz CT molecular complexity index is 400. The van der Waals surface area contributed by atoms with Crippen molar-refractivity contribution in [1.82, 2.24) is 9.88 Å². The van der Waals surface area contributed by atoms with Gasteiger partial charge in [-0.1, -0.05) is 6.92 Å². The molecule has 1 saturated heterocycles. The number of halogens is 1. The summed E-state index contributed by atoms with van der Waals surface area (Å²) in [5.41, 5.74) is 2.31. The molecule has 0 bridgehead atoms. The third kappa shape index (κ3) is 3.61. The molecule has 3 nitrogen and oxygen atoms in total. The van der Waals surface area contributed by atoms with Gasteiger partial charge in [0.2, 0.25) is 0 Å². The zero-order valence-electron chi connectivity index (χ0n) is 12.2. The first-order chi connectivity index (χ1) is 9.13. The Kier molecular flexibility index (Phi) is 5.06. The van der Waals surface area contributed by atoms with E-state index in [-0.39, 0.29) is 0 Å². The van der Waals surface area contributed by atoms with Gasteiger partial charge in [0.1, 0.15) is 5.82 Å². The number of aromatic nitrogens is 1. The van der Waals surface area contributed by atoms with E-state index in [1.807, 2.05) is 0 Å². The molecule has 1 unspecified atom stereocenters. The summed E-state index contributed by atoms with van der Waals surface area (Å²) in [5.74, 6) is 1.66. The number of hydrogen-bond acceptors (Lipinski definition) is 3. The molecule has 1 fully saturated rings. The van der Waals surface area contributed by atoms with Crippen LogP contribution in [-0.2, 0) is 12.3 Å². The Balaban J connectivity index is 2.28. The monoisotopic (exact) mass is 281 g/mol. The fourth-order valence-electron chi connectivity index (χ4n) is 2.75. The van der Waals surface area contributed by atoms with Crippen molar-refractivity contribution < 1.29 is 0 Å². The summed E-state index contributed by atoms with van der Waals surface area (Å²) in [6.07, 6.45) is 2.15. The SMILES string of the molecule is CCc1cc(CCl)cc(N2CCCN(C)CC2C)n1. The van der Waals surface area contributed by atoms with Gasteiger partial charge in [-0.2, -0.15) is 0 Å². The number of nitrogens with zero attached hydrogens (tertiary/aromatic N) is 3. The van der Waals surface area contributed by atoms with E-state index >= 15 is 0 Å². The van der Waals surface area contributed by atoms with Gasteiger partial charge in [0, 0.05) is 30.7 Å². The maximum absolute atomic E-state index is 6.00. The third-order valence-electron chi connectivity index (χ3n) is 3.78. The predicted molar refractivity (Wildman–Crippen MR) is 82.1 cm³/mol. The molecule has 1 aliphatic heterocycles. The first kappa shape index (κ1) is 14.6. The molecule has 0 amide bonds. The van der Waals surface area contributed by atoms with Crippen molar-refractivity contribution >= 4 is 17.4 Å². The molecule has 2 heterocycles. The normalized spacial score (nSPS) is 21.5. The van der Waals surface area contributed by atoms with Gasteiger partial charge < -0.3 is 9.80 Å². The van der Waals surface area contributed by atoms with Crippen LogP contribution >= 0.6 is 11.6 Å². The molecular weight excluding hydrogens is 258 g/mol. The molecule has 106 valence electrons. The Morgan fingerprint density at radius 2 is 2.16 bits per heavy atom. The van der Waals surface area contributed by atoms with Crippen LogP contribution in [0.4, 0.5) is 5.82 Å². The summed E-state index contributed by atoms with van der Waals surface area (Å²) < 4.78 is 0. The minimum Gasteiger partial charge on any atom is -0.353 e. The molecule has 1 aromatic heterocycles. The van der Waals surface area contributed by atoms with Crippen LogP contribution in [-0.4, -0.2) is 42.6 Å². The highest BCUT2D eigenvalue weighted by Gasteiger charge is 2.21. The van der Waals surface area contributed by atoms with E-state index in [9.17, 15) is 0 Å². The average Bonchev–Trinajstić information content (AvgIpc) is 2.58. The number of likely N-dealkylation sites (N-methyl/N-ethyl adjacent to an activating group) is 1. The fraction of sp³-hybridized carbons (Fsp3) is 0.667. The van der Waals surface area contributed by atoms with Crippen molar-refractivity contribution in [2.45, 2.75) is 38.6 Å². The molecule has 1 atom stereocenters. The molecule has 0 aliphatic carbocycles. The van der Waals surface area contributed by atoms with Crippen LogP contribution in [0.15, 0.2) is 12.1 Å². The summed E-state index contributed by atoms with van der Waals surface area (Å²) in [5, 5.41) is 0. The molecule has 19 heavy (non-hydrogen) atoms. The summed E-state index contributed by atoms with van der Waals surface area (Å²) in [7, 11) is 2.19. The summed E-state index contributed by atoms with van der Waals surface area (Å²) in [4.78, 5) is 9.62. The first-order valence-corrected chi connectivity index (χ1v) is 7.68. The van der Waals surface area contributed by atoms with Crippen molar-refractivity contribution in [3.8, 4) is 0 Å². The zero-order valence-corrected chi connectivity index (χ0v) is 13.0. The van der Waals surface area contributed by atoms with Crippen LogP contribution in [0, 0.1) is 0 Å². The highest BCUT2D eigenvalue weighted by molar-refractivity contribution is 6.17. The van der Waals surface area contributed by atoms with Gasteiger partial charge >= 0.3 is 0 Å². The van der Waals surface area contributed by atoms with Gasteiger partial charge in [-0.05, 0) is 51.1 Å². The van der Waals surface area contributed by atoms with Gasteiger partial charge in [0.05, 0.1) is 0 Å². The van der Waals surface area contributed by atoms with Crippen LogP contribution in [0.2, 0.25) is 0 Å². The second-order valence-electron chi connectivity index (χ2n) is 5.47. The molecule has 0 saturated carbocycles. The summed E-state index contributed by atoms with van der Waals surface area (Å²) >= 11 is 6.00. The quantitative estimate of drug-likeness (QED) is 0.794. The van der Waals surface area contributed by atoms with E-state index in [1.165, 1.54) is 12.0 Å². The zero-order chi connectivity index (χ0) is 13.8. The van der Waals surface area contributed by atoms with Crippen LogP contribution in [0.1, 0.15) is 31.5 Å². The number of alkyl halides is 1. The Labute approximate surface area is 121 Å². The lowest BCUT2D eigenvalue weighted by atomic mass is 10.2. The first-order valence-electron chi connectivity index (χ1n) is 7.15. The number of aryl methyl sites for hydroxylation is 1. The van der Waals surface area contributed by atoms with E-state index in [4.69, 9.17) is 16.6 Å². The molecule has 2 rings (SSSR count). The molecule has 0 aromatic carbocycles. The number of pyridine rings is 1. The minimum absolute atomic E-state index is 0.496. The maximum Gasteiger partial charge on any atom is 0.129 e. The lowest BCUT2D eigenvalue weighted by molar-refractivity contribution is 0.337. The standard InChI is InChI=1S/C15H24ClN3/c1-4-14-8-13(10-16)9-15(17-14)19-7-5-6-18(3)11-12(19)2/h8-9,12H,4-7,10-11H2,1-3H3. The fourth-order valence-corrected chi connectivity index (χ4v) is 2.91. The largest absolute Gasteiger partial charge is 0.353 e. The molecule has 0 N–H and O–H groups in total. The highest BCUT2D eigenvalue weighted by atomic mass is 35.5. The van der Waals surface area contributed by atoms with E-state index in [1.54, 1.807) is 0 Å². The van der Waals surface area contributed by atoms with Gasteiger partial charge in [-0.25, -0.2) is 4.98 Å². The lowest BCUT2D eigenvalue weighted by Crippen LogP contribution is -2.38. The van der Waals surface area contributed by atoms with E-state index in [2.05, 4.69) is 42.8 Å². The molecule has 0 spiro atoms. The van der Waals surface area contributed by atoms with E-state index < -0.39 is 0 Å². The molecule has 0 radical (unpaired) electrons. The van der Waals surface area contributed by atoms with Crippen molar-refractivity contribution in [3.63, 3.8) is 0 Å². The van der Waals surface area contributed by atoms with Crippen molar-refractivity contribution in [1.29, 1.82) is 0 Å². The number of anilines is 1. The topological polar surface area (TPSA) is 19.4 Å². The summed E-state index contributed by atoms with van der Waals surface area (Å²) in [6.45, 7) is 7.75. The van der Waals surface area contributed by atoms with Gasteiger partial charge in [-0.15, -0.1) is 11.6 Å². The maximum atomic E-state index is 6.00. The smallest absolute Gasteiger partial charge is 0.129 e.